The third-order valence-electron chi connectivity index (χ3n) is 15.5. The molecule has 12 rings (SSSR count). The first-order chi connectivity index (χ1) is 42.5. The van der Waals surface area contributed by atoms with Crippen LogP contribution in [0.3, 0.4) is 0 Å². The Morgan fingerprint density at radius 2 is 0.598 bits per heavy atom. The summed E-state index contributed by atoms with van der Waals surface area (Å²) in [4.78, 5) is 14.6. The summed E-state index contributed by atoms with van der Waals surface area (Å²) >= 11 is 0. The smallest absolute Gasteiger partial charge is 0.0999 e. The lowest BCUT2D eigenvalue weighted by atomic mass is 10.1. The van der Waals surface area contributed by atoms with Gasteiger partial charge in [-0.25, -0.2) is 28.5 Å². The van der Waals surface area contributed by atoms with Gasteiger partial charge < -0.3 is 30.6 Å². The first kappa shape index (κ1) is 61.0. The van der Waals surface area contributed by atoms with Gasteiger partial charge in [-0.05, 0) is 57.7 Å². The standard InChI is InChI=1S/3C20H25N7O2/c2*1-3-4-14(2)25-10-16(8-22-25)20-19-5-6-21-27(19)11-18(24-20)15-7-23-26(9-15)17(12-28)13-29;1-3-16(4-2)25-10-15(8-23-25)20-19-5-6-21-27(19)11-18(24-20)14-7-22-26(9-14)17(12-28)13-29/h2*5-11,14,17,28-29H,3-4,12-13H2,1-2H3;5-11,16-17,28-29H,3-4,12-13H2,1-2H3/t2*14-;/m10./s1. The largest absolute Gasteiger partial charge is 0.394 e. The maximum atomic E-state index is 9.39. The second-order valence-corrected chi connectivity index (χ2v) is 21.5. The van der Waals surface area contributed by atoms with E-state index in [9.17, 15) is 30.6 Å². The Hall–Kier alpha value is -9.12. The Labute approximate surface area is 501 Å². The quantitative estimate of drug-likeness (QED) is 0.0354. The Kier molecular flexibility index (Phi) is 19.6. The molecule has 0 saturated carbocycles. The first-order valence-electron chi connectivity index (χ1n) is 29.4. The zero-order chi connectivity index (χ0) is 61.1. The van der Waals surface area contributed by atoms with Crippen LogP contribution in [0.2, 0.25) is 0 Å². The lowest BCUT2D eigenvalue weighted by Gasteiger charge is -2.12. The average molecular weight is 1190 g/mol. The highest BCUT2D eigenvalue weighted by Crippen LogP contribution is 2.32. The van der Waals surface area contributed by atoms with Gasteiger partial charge in [-0.3, -0.25) is 28.1 Å². The highest BCUT2D eigenvalue weighted by atomic mass is 16.3. The molecule has 0 amide bonds. The predicted octanol–water partition coefficient (Wildman–Crippen LogP) is 7.03. The summed E-state index contributed by atoms with van der Waals surface area (Å²) in [5.74, 6) is 0. The van der Waals surface area contributed by atoms with E-state index in [1.165, 1.54) is 0 Å². The fourth-order valence-electron chi connectivity index (χ4n) is 10.3. The van der Waals surface area contributed by atoms with Crippen LogP contribution in [-0.4, -0.2) is 173 Å². The van der Waals surface area contributed by atoms with Gasteiger partial charge >= 0.3 is 0 Å². The highest BCUT2D eigenvalue weighted by Gasteiger charge is 2.21. The number of nitrogens with zero attached hydrogens (tertiary/aromatic N) is 21. The molecule has 27 heteroatoms. The van der Waals surface area contributed by atoms with Gasteiger partial charge in [0.1, 0.15) is 0 Å². The summed E-state index contributed by atoms with van der Waals surface area (Å²) in [7, 11) is 0. The van der Waals surface area contributed by atoms with Gasteiger partial charge in [0.25, 0.3) is 0 Å². The minimum atomic E-state index is -0.477. The Morgan fingerprint density at radius 3 is 0.885 bits per heavy atom. The van der Waals surface area contributed by atoms with E-state index in [4.69, 9.17) is 15.0 Å². The van der Waals surface area contributed by atoms with E-state index in [0.29, 0.717) is 35.2 Å². The van der Waals surface area contributed by atoms with Crippen molar-refractivity contribution in [3.63, 3.8) is 0 Å². The molecule has 2 atom stereocenters. The fraction of sp³-hybridized carbons (Fsp3) is 0.400. The van der Waals surface area contributed by atoms with Gasteiger partial charge in [0, 0.05) is 82.6 Å². The maximum absolute atomic E-state index is 9.39. The molecule has 0 unspecified atom stereocenters. The van der Waals surface area contributed by atoms with Gasteiger partial charge in [-0.15, -0.1) is 0 Å². The van der Waals surface area contributed by atoms with Crippen LogP contribution in [0.15, 0.2) is 130 Å². The molecule has 0 bridgehead atoms. The normalized spacial score (nSPS) is 12.6. The van der Waals surface area contributed by atoms with Crippen molar-refractivity contribution in [1.82, 2.24) is 102 Å². The highest BCUT2D eigenvalue weighted by molar-refractivity contribution is 5.80. The average Bonchev–Trinajstić information content (AvgIpc) is 3.57. The molecule has 0 radical (unpaired) electrons. The molecule has 12 aromatic rings. The second kappa shape index (κ2) is 27.9. The Bertz CT molecular complexity index is 3930. The number of aliphatic hydroxyl groups is 6. The van der Waals surface area contributed by atoms with E-state index in [-0.39, 0.29) is 39.6 Å². The maximum Gasteiger partial charge on any atom is 0.0999 e. The summed E-state index contributed by atoms with van der Waals surface area (Å²) in [6.07, 6.45) is 39.0. The van der Waals surface area contributed by atoms with Crippen LogP contribution < -0.4 is 0 Å². The molecule has 12 heterocycles. The molecule has 0 spiro atoms. The molecule has 0 aliphatic heterocycles. The van der Waals surface area contributed by atoms with Crippen molar-refractivity contribution >= 4 is 16.6 Å². The molecule has 12 aromatic heterocycles. The summed E-state index contributed by atoms with van der Waals surface area (Å²) in [5.41, 5.74) is 12.3. The van der Waals surface area contributed by atoms with Gasteiger partial charge in [-0.1, -0.05) is 40.5 Å². The third-order valence-corrected chi connectivity index (χ3v) is 15.5. The molecule has 0 saturated heterocycles. The van der Waals surface area contributed by atoms with Crippen molar-refractivity contribution in [3.05, 3.63) is 130 Å². The number of aliphatic hydroxyl groups excluding tert-OH is 6. The zero-order valence-corrected chi connectivity index (χ0v) is 49.6. The molecule has 0 aliphatic rings. The molecule has 0 aliphatic carbocycles. The van der Waals surface area contributed by atoms with Crippen molar-refractivity contribution in [3.8, 4) is 67.5 Å². The third kappa shape index (κ3) is 13.2. The van der Waals surface area contributed by atoms with E-state index < -0.39 is 18.1 Å². The Morgan fingerprint density at radius 1 is 0.333 bits per heavy atom. The summed E-state index contributed by atoms with van der Waals surface area (Å²) in [6, 6.07) is 5.36. The van der Waals surface area contributed by atoms with Crippen molar-refractivity contribution < 1.29 is 30.6 Å². The molecular formula is C60H75N21O6. The van der Waals surface area contributed by atoms with Crippen molar-refractivity contribution in [2.45, 2.75) is 116 Å². The zero-order valence-electron chi connectivity index (χ0n) is 49.6. The van der Waals surface area contributed by atoms with Crippen LogP contribution in [0.5, 0.6) is 0 Å². The number of fused-ring (bicyclic) bond motifs is 3. The summed E-state index contributed by atoms with van der Waals surface area (Å²) in [5, 5.41) is 95.9. The van der Waals surface area contributed by atoms with E-state index in [1.807, 2.05) is 88.0 Å². The molecule has 456 valence electrons. The van der Waals surface area contributed by atoms with Crippen LogP contribution in [-0.2, 0) is 0 Å². The Balaban J connectivity index is 0.000000144. The van der Waals surface area contributed by atoms with Crippen LogP contribution in [0, 0.1) is 0 Å². The topological polar surface area (TPSA) is 319 Å². The van der Waals surface area contributed by atoms with Crippen molar-refractivity contribution in [1.29, 1.82) is 0 Å². The minimum Gasteiger partial charge on any atom is -0.394 e. The molecule has 27 nitrogen and oxygen atoms in total. The van der Waals surface area contributed by atoms with E-state index in [0.717, 1.165) is 106 Å². The van der Waals surface area contributed by atoms with E-state index in [2.05, 4.69) is 87.4 Å². The SMILES string of the molecule is CCC(CC)n1cc(-c2nc(-c3cnn(C(CO)CO)c3)cn3nccc23)cn1.CCC[C@@H](C)n1cc(-c2nc(-c3cnn(C(CO)CO)c3)cn3nccc23)cn1.CCC[C@H](C)n1cc(-c2nc(-c3cnn(C(CO)CO)c3)cn3nccc23)cn1. The number of aromatic nitrogens is 21. The molecule has 0 aromatic carbocycles. The van der Waals surface area contributed by atoms with Crippen LogP contribution >= 0.6 is 0 Å². The first-order valence-corrected chi connectivity index (χ1v) is 29.4. The summed E-state index contributed by atoms with van der Waals surface area (Å²) < 4.78 is 16.0. The van der Waals surface area contributed by atoms with Gasteiger partial charge in [0.05, 0.1) is 189 Å². The van der Waals surface area contributed by atoms with Gasteiger partial charge in [0.15, 0.2) is 0 Å². The monoisotopic (exact) mass is 1190 g/mol. The van der Waals surface area contributed by atoms with Crippen LogP contribution in [0.1, 0.15) is 116 Å². The van der Waals surface area contributed by atoms with E-state index >= 15 is 0 Å². The number of hydrogen-bond acceptors (Lipinski definition) is 18. The molecule has 0 fully saturated rings. The van der Waals surface area contributed by atoms with Crippen LogP contribution in [0.25, 0.3) is 84.1 Å². The van der Waals surface area contributed by atoms with Crippen LogP contribution in [0.4, 0.5) is 0 Å². The van der Waals surface area contributed by atoms with Crippen molar-refractivity contribution in [2.75, 3.05) is 39.6 Å². The number of hydrogen-bond donors (Lipinski definition) is 6. The molecule has 6 N–H and O–H groups in total. The molecule has 87 heavy (non-hydrogen) atoms. The minimum absolute atomic E-state index is 0.191. The number of rotatable bonds is 24. The summed E-state index contributed by atoms with van der Waals surface area (Å²) in [6.45, 7) is 11.8. The van der Waals surface area contributed by atoms with Gasteiger partial charge in [-0.2, -0.15) is 45.9 Å². The van der Waals surface area contributed by atoms with E-state index in [1.54, 1.807) is 83.4 Å². The van der Waals surface area contributed by atoms with Gasteiger partial charge in [0.2, 0.25) is 0 Å². The van der Waals surface area contributed by atoms with Crippen molar-refractivity contribution in [2.24, 2.45) is 0 Å². The fourth-order valence-corrected chi connectivity index (χ4v) is 10.3. The lowest BCUT2D eigenvalue weighted by molar-refractivity contribution is 0.146. The second-order valence-electron chi connectivity index (χ2n) is 21.5. The molecular weight excluding hydrogens is 1110 g/mol. The predicted molar refractivity (Wildman–Crippen MR) is 325 cm³/mol. The lowest BCUT2D eigenvalue weighted by Crippen LogP contribution is -2.17.